The first-order valence-corrected chi connectivity index (χ1v) is 7.84. The molecule has 0 aliphatic heterocycles. The Morgan fingerprint density at radius 3 is 2.14 bits per heavy atom. The molecule has 0 aliphatic rings. The number of anilines is 1. The van der Waals surface area contributed by atoms with Crippen molar-refractivity contribution in [2.75, 3.05) is 17.5 Å². The zero-order chi connectivity index (χ0) is 16.2. The van der Waals surface area contributed by atoms with Crippen molar-refractivity contribution in [1.29, 1.82) is 0 Å². The first-order chi connectivity index (χ1) is 10.5. The molecule has 0 aromatic heterocycles. The molecule has 7 nitrogen and oxygen atoms in total. The Labute approximate surface area is 127 Å². The molecular weight excluding hydrogens is 308 g/mol. The van der Waals surface area contributed by atoms with E-state index in [-0.39, 0.29) is 23.7 Å². The van der Waals surface area contributed by atoms with Crippen LogP contribution in [0, 0.1) is 10.1 Å². The largest absolute Gasteiger partial charge is 0.394 e. The summed E-state index contributed by atoms with van der Waals surface area (Å²) in [6.45, 7) is -0.454. The van der Waals surface area contributed by atoms with Gasteiger partial charge in [0.25, 0.3) is 15.7 Å². The Morgan fingerprint density at radius 2 is 1.64 bits per heavy atom. The predicted molar refractivity (Wildman–Crippen MR) is 81.2 cm³/mol. The third-order valence-electron chi connectivity index (χ3n) is 2.98. The summed E-state index contributed by atoms with van der Waals surface area (Å²) in [5.41, 5.74) is 0.224. The fourth-order valence-electron chi connectivity index (χ4n) is 1.94. The molecule has 0 amide bonds. The molecule has 2 rings (SSSR count). The number of para-hydroxylation sites is 1. The number of hydrogen-bond donors (Lipinski definition) is 1. The minimum Gasteiger partial charge on any atom is -0.394 e. The molecular formula is C14H14N2O5S. The SMILES string of the molecule is O=[N+]([O-])c1ccc(S(=O)(=O)N(CCO)c2ccccc2)cc1. The number of hydrogen-bond acceptors (Lipinski definition) is 5. The van der Waals surface area contributed by atoms with Gasteiger partial charge in [0.05, 0.1) is 28.7 Å². The maximum atomic E-state index is 12.6. The lowest BCUT2D eigenvalue weighted by molar-refractivity contribution is -0.384. The van der Waals surface area contributed by atoms with E-state index < -0.39 is 14.9 Å². The molecule has 1 N–H and O–H groups in total. The first kappa shape index (κ1) is 15.9. The highest BCUT2D eigenvalue weighted by atomic mass is 32.2. The summed E-state index contributed by atoms with van der Waals surface area (Å²) in [6.07, 6.45) is 0. The summed E-state index contributed by atoms with van der Waals surface area (Å²) in [5.74, 6) is 0. The van der Waals surface area contributed by atoms with E-state index in [9.17, 15) is 18.5 Å². The van der Waals surface area contributed by atoms with Gasteiger partial charge in [-0.1, -0.05) is 18.2 Å². The van der Waals surface area contributed by atoms with E-state index in [1.807, 2.05) is 0 Å². The summed E-state index contributed by atoms with van der Waals surface area (Å²) >= 11 is 0. The second kappa shape index (κ2) is 6.54. The smallest absolute Gasteiger partial charge is 0.269 e. The van der Waals surface area contributed by atoms with Crippen molar-refractivity contribution >= 4 is 21.4 Å². The number of nitrogens with zero attached hydrogens (tertiary/aromatic N) is 2. The Kier molecular flexibility index (Phi) is 4.74. The molecule has 0 radical (unpaired) electrons. The van der Waals surface area contributed by atoms with Crippen LogP contribution in [0.1, 0.15) is 0 Å². The average Bonchev–Trinajstić information content (AvgIpc) is 2.53. The number of non-ortho nitro benzene ring substituents is 1. The Morgan fingerprint density at radius 1 is 1.05 bits per heavy atom. The van der Waals surface area contributed by atoms with Crippen molar-refractivity contribution in [3.63, 3.8) is 0 Å². The molecule has 2 aromatic carbocycles. The van der Waals surface area contributed by atoms with Crippen LogP contribution in [-0.2, 0) is 10.0 Å². The molecule has 0 fully saturated rings. The number of aliphatic hydroxyl groups is 1. The number of aliphatic hydroxyl groups excluding tert-OH is 1. The fourth-order valence-corrected chi connectivity index (χ4v) is 3.40. The molecule has 0 aliphatic carbocycles. The predicted octanol–water partition coefficient (Wildman–Crippen LogP) is 1.78. The van der Waals surface area contributed by atoms with Crippen LogP contribution in [0.2, 0.25) is 0 Å². The highest BCUT2D eigenvalue weighted by molar-refractivity contribution is 7.92. The number of nitro groups is 1. The van der Waals surface area contributed by atoms with Crippen molar-refractivity contribution in [3.05, 3.63) is 64.7 Å². The number of rotatable bonds is 6. The van der Waals surface area contributed by atoms with Gasteiger partial charge in [-0.05, 0) is 24.3 Å². The topological polar surface area (TPSA) is 101 Å². The van der Waals surface area contributed by atoms with E-state index in [4.69, 9.17) is 5.11 Å². The van der Waals surface area contributed by atoms with E-state index in [2.05, 4.69) is 0 Å². The lowest BCUT2D eigenvalue weighted by Gasteiger charge is -2.23. The van der Waals surface area contributed by atoms with Crippen LogP contribution in [0.4, 0.5) is 11.4 Å². The minimum atomic E-state index is -3.91. The number of benzene rings is 2. The Bertz CT molecular complexity index is 745. The molecule has 0 spiro atoms. The molecule has 22 heavy (non-hydrogen) atoms. The van der Waals surface area contributed by atoms with Crippen LogP contribution in [-0.4, -0.2) is 31.6 Å². The van der Waals surface area contributed by atoms with Crippen LogP contribution < -0.4 is 4.31 Å². The van der Waals surface area contributed by atoms with E-state index in [0.717, 1.165) is 16.4 Å². The van der Waals surface area contributed by atoms with Crippen molar-refractivity contribution < 1.29 is 18.4 Å². The van der Waals surface area contributed by atoms with Gasteiger partial charge in [0.2, 0.25) is 0 Å². The van der Waals surface area contributed by atoms with Crippen molar-refractivity contribution in [2.45, 2.75) is 4.90 Å². The molecule has 0 saturated heterocycles. The summed E-state index contributed by atoms with van der Waals surface area (Å²) in [6, 6.07) is 13.0. The van der Waals surface area contributed by atoms with E-state index >= 15 is 0 Å². The number of nitro benzene ring substituents is 1. The molecule has 116 valence electrons. The summed E-state index contributed by atoms with van der Waals surface area (Å²) in [7, 11) is -3.91. The molecule has 8 heteroatoms. The van der Waals surface area contributed by atoms with Gasteiger partial charge in [-0.2, -0.15) is 0 Å². The van der Waals surface area contributed by atoms with Gasteiger partial charge in [0.15, 0.2) is 0 Å². The highest BCUT2D eigenvalue weighted by Crippen LogP contribution is 2.24. The lowest BCUT2D eigenvalue weighted by atomic mass is 10.3. The standard InChI is InChI=1S/C14H14N2O5S/c17-11-10-15(12-4-2-1-3-5-12)22(20,21)14-8-6-13(7-9-14)16(18)19/h1-9,17H,10-11H2. The van der Waals surface area contributed by atoms with Crippen LogP contribution in [0.25, 0.3) is 0 Å². The van der Waals surface area contributed by atoms with Crippen molar-refractivity contribution in [1.82, 2.24) is 0 Å². The minimum absolute atomic E-state index is 0.0737. The van der Waals surface area contributed by atoms with E-state index in [1.54, 1.807) is 30.3 Å². The van der Waals surface area contributed by atoms with E-state index in [0.29, 0.717) is 5.69 Å². The fraction of sp³-hybridized carbons (Fsp3) is 0.143. The van der Waals surface area contributed by atoms with Crippen molar-refractivity contribution in [3.8, 4) is 0 Å². The molecule has 0 bridgehead atoms. The third-order valence-corrected chi connectivity index (χ3v) is 4.82. The van der Waals surface area contributed by atoms with Gasteiger partial charge in [-0.25, -0.2) is 8.42 Å². The monoisotopic (exact) mass is 322 g/mol. The molecule has 0 unspecified atom stereocenters. The maximum Gasteiger partial charge on any atom is 0.269 e. The molecule has 0 heterocycles. The maximum absolute atomic E-state index is 12.6. The Hall–Kier alpha value is -2.45. The first-order valence-electron chi connectivity index (χ1n) is 6.40. The third kappa shape index (κ3) is 3.23. The number of sulfonamides is 1. The Balaban J connectivity index is 2.43. The zero-order valence-electron chi connectivity index (χ0n) is 11.5. The quantitative estimate of drug-likeness (QED) is 0.645. The molecule has 2 aromatic rings. The van der Waals surface area contributed by atoms with Gasteiger partial charge >= 0.3 is 0 Å². The van der Waals surface area contributed by atoms with Gasteiger partial charge in [-0.3, -0.25) is 14.4 Å². The highest BCUT2D eigenvalue weighted by Gasteiger charge is 2.25. The lowest BCUT2D eigenvalue weighted by Crippen LogP contribution is -2.33. The van der Waals surface area contributed by atoms with Crippen LogP contribution in [0.3, 0.4) is 0 Å². The molecule has 0 saturated carbocycles. The van der Waals surface area contributed by atoms with Crippen LogP contribution >= 0.6 is 0 Å². The van der Waals surface area contributed by atoms with Gasteiger partial charge < -0.3 is 5.11 Å². The average molecular weight is 322 g/mol. The summed E-state index contributed by atoms with van der Waals surface area (Å²) in [4.78, 5) is 9.96. The van der Waals surface area contributed by atoms with E-state index in [1.165, 1.54) is 12.1 Å². The van der Waals surface area contributed by atoms with Gasteiger partial charge in [-0.15, -0.1) is 0 Å². The normalized spacial score (nSPS) is 11.1. The summed E-state index contributed by atoms with van der Waals surface area (Å²) < 4.78 is 26.4. The van der Waals surface area contributed by atoms with Gasteiger partial charge in [0, 0.05) is 12.1 Å². The van der Waals surface area contributed by atoms with Crippen LogP contribution in [0.5, 0.6) is 0 Å². The van der Waals surface area contributed by atoms with Crippen molar-refractivity contribution in [2.24, 2.45) is 0 Å². The molecule has 0 atom stereocenters. The van der Waals surface area contributed by atoms with Gasteiger partial charge in [0.1, 0.15) is 0 Å². The second-order valence-electron chi connectivity index (χ2n) is 4.39. The second-order valence-corrected chi connectivity index (χ2v) is 6.25. The van der Waals surface area contributed by atoms with Crippen LogP contribution in [0.15, 0.2) is 59.5 Å². The zero-order valence-corrected chi connectivity index (χ0v) is 12.3. The summed E-state index contributed by atoms with van der Waals surface area (Å²) in [5, 5.41) is 19.8.